The van der Waals surface area contributed by atoms with Gasteiger partial charge in [0.15, 0.2) is 0 Å². The highest BCUT2D eigenvalue weighted by atomic mass is 19.1. The molecule has 0 bridgehead atoms. The maximum atomic E-state index is 12.7. The second kappa shape index (κ2) is 5.92. The highest BCUT2D eigenvalue weighted by Crippen LogP contribution is 2.16. The average Bonchev–Trinajstić information content (AvgIpc) is 2.47. The van der Waals surface area contributed by atoms with Crippen molar-refractivity contribution in [3.05, 3.63) is 59.7 Å². The summed E-state index contributed by atoms with van der Waals surface area (Å²) in [6, 6.07) is 9.02. The Morgan fingerprint density at radius 2 is 1.85 bits per heavy atom. The number of rotatable bonds is 3. The molecule has 0 radical (unpaired) electrons. The van der Waals surface area contributed by atoms with Crippen LogP contribution in [0.2, 0.25) is 0 Å². The van der Waals surface area contributed by atoms with Gasteiger partial charge in [0.05, 0.1) is 16.8 Å². The number of aromatic nitrogens is 1. The molecule has 0 spiro atoms. The Morgan fingerprint density at radius 1 is 1.10 bits per heavy atom. The Hall–Kier alpha value is -2.76. The van der Waals surface area contributed by atoms with Crippen LogP contribution < -0.4 is 10.6 Å². The van der Waals surface area contributed by atoms with Crippen LogP contribution in [0.4, 0.5) is 10.1 Å². The van der Waals surface area contributed by atoms with E-state index in [9.17, 15) is 14.0 Å². The molecule has 1 heterocycles. The zero-order valence-electron chi connectivity index (χ0n) is 10.7. The van der Waals surface area contributed by atoms with Crippen LogP contribution in [-0.2, 0) is 0 Å². The number of para-hydroxylation sites is 1. The van der Waals surface area contributed by atoms with Gasteiger partial charge in [-0.1, -0.05) is 12.1 Å². The van der Waals surface area contributed by atoms with E-state index in [2.05, 4.69) is 15.6 Å². The number of hydrogen-bond donors (Lipinski definition) is 2. The van der Waals surface area contributed by atoms with Crippen molar-refractivity contribution in [2.24, 2.45) is 0 Å². The molecular formula is C14H12FN3O2. The molecule has 0 fully saturated rings. The van der Waals surface area contributed by atoms with Crippen LogP contribution in [0.5, 0.6) is 0 Å². The van der Waals surface area contributed by atoms with Gasteiger partial charge < -0.3 is 10.6 Å². The Kier molecular flexibility index (Phi) is 4.05. The van der Waals surface area contributed by atoms with Gasteiger partial charge in [-0.25, -0.2) is 4.98 Å². The summed E-state index contributed by atoms with van der Waals surface area (Å²) in [5.41, 5.74) is 0.928. The largest absolute Gasteiger partial charge is 0.355 e. The van der Waals surface area contributed by atoms with E-state index in [-0.39, 0.29) is 11.5 Å². The summed E-state index contributed by atoms with van der Waals surface area (Å²) in [6.07, 6.45) is 1.13. The minimum atomic E-state index is -0.660. The van der Waals surface area contributed by atoms with E-state index in [0.717, 1.165) is 12.3 Å². The van der Waals surface area contributed by atoms with Gasteiger partial charge in [-0.05, 0) is 24.3 Å². The number of nitrogens with zero attached hydrogens (tertiary/aromatic N) is 1. The molecule has 0 aliphatic heterocycles. The van der Waals surface area contributed by atoms with E-state index in [1.54, 1.807) is 24.3 Å². The van der Waals surface area contributed by atoms with Crippen LogP contribution >= 0.6 is 0 Å². The summed E-state index contributed by atoms with van der Waals surface area (Å²) >= 11 is 0. The lowest BCUT2D eigenvalue weighted by Crippen LogP contribution is -2.21. The predicted octanol–water partition coefficient (Wildman–Crippen LogP) is 1.83. The van der Waals surface area contributed by atoms with E-state index in [1.165, 1.54) is 13.1 Å². The van der Waals surface area contributed by atoms with E-state index in [4.69, 9.17) is 0 Å². The third-order valence-corrected chi connectivity index (χ3v) is 2.64. The molecular weight excluding hydrogens is 261 g/mol. The van der Waals surface area contributed by atoms with Crippen LogP contribution in [0.15, 0.2) is 42.6 Å². The van der Waals surface area contributed by atoms with Crippen molar-refractivity contribution in [3.63, 3.8) is 0 Å². The van der Waals surface area contributed by atoms with Gasteiger partial charge >= 0.3 is 0 Å². The molecule has 102 valence electrons. The first-order chi connectivity index (χ1) is 9.61. The van der Waals surface area contributed by atoms with Crippen LogP contribution in [0, 0.1) is 5.95 Å². The molecule has 0 unspecified atom stereocenters. The van der Waals surface area contributed by atoms with Crippen molar-refractivity contribution in [1.29, 1.82) is 0 Å². The smallest absolute Gasteiger partial charge is 0.257 e. The monoisotopic (exact) mass is 273 g/mol. The van der Waals surface area contributed by atoms with Crippen LogP contribution in [0.1, 0.15) is 20.7 Å². The second-order valence-corrected chi connectivity index (χ2v) is 3.95. The van der Waals surface area contributed by atoms with Gasteiger partial charge in [0, 0.05) is 13.2 Å². The molecule has 0 aliphatic carbocycles. The minimum absolute atomic E-state index is 0.207. The molecule has 20 heavy (non-hydrogen) atoms. The SMILES string of the molecule is CNC(=O)c1ccccc1NC(=O)c1ccc(F)nc1. The highest BCUT2D eigenvalue weighted by Gasteiger charge is 2.13. The Labute approximate surface area is 114 Å². The van der Waals surface area contributed by atoms with Gasteiger partial charge in [-0.15, -0.1) is 0 Å². The molecule has 5 nitrogen and oxygen atoms in total. The fourth-order valence-corrected chi connectivity index (χ4v) is 1.63. The number of nitrogens with one attached hydrogen (secondary N) is 2. The zero-order chi connectivity index (χ0) is 14.5. The third-order valence-electron chi connectivity index (χ3n) is 2.64. The Bertz CT molecular complexity index is 641. The number of amides is 2. The maximum absolute atomic E-state index is 12.7. The molecule has 0 saturated heterocycles. The van der Waals surface area contributed by atoms with Gasteiger partial charge in [0.25, 0.3) is 11.8 Å². The highest BCUT2D eigenvalue weighted by molar-refractivity contribution is 6.08. The van der Waals surface area contributed by atoms with Crippen molar-refractivity contribution in [2.75, 3.05) is 12.4 Å². The van der Waals surface area contributed by atoms with E-state index < -0.39 is 11.9 Å². The lowest BCUT2D eigenvalue weighted by atomic mass is 10.1. The first-order valence-corrected chi connectivity index (χ1v) is 5.86. The number of anilines is 1. The molecule has 1 aromatic carbocycles. The van der Waals surface area contributed by atoms with Crippen molar-refractivity contribution in [2.45, 2.75) is 0 Å². The van der Waals surface area contributed by atoms with Crippen LogP contribution in [0.3, 0.4) is 0 Å². The molecule has 2 N–H and O–H groups in total. The molecule has 0 saturated carbocycles. The summed E-state index contributed by atoms with van der Waals surface area (Å²) in [6.45, 7) is 0. The number of hydrogen-bond acceptors (Lipinski definition) is 3. The average molecular weight is 273 g/mol. The molecule has 0 aliphatic rings. The molecule has 2 amide bonds. The van der Waals surface area contributed by atoms with Crippen molar-refractivity contribution < 1.29 is 14.0 Å². The maximum Gasteiger partial charge on any atom is 0.257 e. The van der Waals surface area contributed by atoms with Gasteiger partial charge in [0.2, 0.25) is 5.95 Å². The van der Waals surface area contributed by atoms with E-state index in [0.29, 0.717) is 11.3 Å². The number of carbonyl (C=O) groups is 2. The fraction of sp³-hybridized carbons (Fsp3) is 0.0714. The number of halogens is 1. The number of carbonyl (C=O) groups excluding carboxylic acids is 2. The first-order valence-electron chi connectivity index (χ1n) is 5.86. The normalized spacial score (nSPS) is 9.90. The van der Waals surface area contributed by atoms with Crippen molar-refractivity contribution in [1.82, 2.24) is 10.3 Å². The number of pyridine rings is 1. The standard InChI is InChI=1S/C14H12FN3O2/c1-16-14(20)10-4-2-3-5-11(10)18-13(19)9-6-7-12(15)17-8-9/h2-8H,1H3,(H,16,20)(H,18,19). The topological polar surface area (TPSA) is 71.1 Å². The summed E-state index contributed by atoms with van der Waals surface area (Å²) < 4.78 is 12.7. The predicted molar refractivity (Wildman–Crippen MR) is 72.0 cm³/mol. The first kappa shape index (κ1) is 13.7. The van der Waals surface area contributed by atoms with E-state index in [1.807, 2.05) is 0 Å². The minimum Gasteiger partial charge on any atom is -0.355 e. The van der Waals surface area contributed by atoms with Crippen LogP contribution in [-0.4, -0.2) is 23.8 Å². The number of benzene rings is 1. The van der Waals surface area contributed by atoms with Crippen molar-refractivity contribution >= 4 is 17.5 Å². The summed E-state index contributed by atoms with van der Waals surface area (Å²) in [5.74, 6) is -1.43. The third kappa shape index (κ3) is 2.97. The van der Waals surface area contributed by atoms with Crippen molar-refractivity contribution in [3.8, 4) is 0 Å². The summed E-state index contributed by atoms with van der Waals surface area (Å²) in [4.78, 5) is 27.1. The summed E-state index contributed by atoms with van der Waals surface area (Å²) in [7, 11) is 1.50. The van der Waals surface area contributed by atoms with Crippen LogP contribution in [0.25, 0.3) is 0 Å². The quantitative estimate of drug-likeness (QED) is 0.838. The Balaban J connectivity index is 2.24. The lowest BCUT2D eigenvalue weighted by Gasteiger charge is -2.09. The Morgan fingerprint density at radius 3 is 2.50 bits per heavy atom. The lowest BCUT2D eigenvalue weighted by molar-refractivity contribution is 0.0964. The molecule has 1 aromatic heterocycles. The van der Waals surface area contributed by atoms with E-state index >= 15 is 0 Å². The fourth-order valence-electron chi connectivity index (χ4n) is 1.63. The summed E-state index contributed by atoms with van der Waals surface area (Å²) in [5, 5.41) is 5.09. The molecule has 2 rings (SSSR count). The molecule has 6 heteroatoms. The zero-order valence-corrected chi connectivity index (χ0v) is 10.7. The molecule has 2 aromatic rings. The van der Waals surface area contributed by atoms with Gasteiger partial charge in [-0.2, -0.15) is 4.39 Å². The molecule has 0 atom stereocenters. The van der Waals surface area contributed by atoms with Gasteiger partial charge in [-0.3, -0.25) is 9.59 Å². The second-order valence-electron chi connectivity index (χ2n) is 3.95. The van der Waals surface area contributed by atoms with Gasteiger partial charge in [0.1, 0.15) is 0 Å².